The van der Waals surface area contributed by atoms with Crippen molar-refractivity contribution < 1.29 is 63.0 Å². The third kappa shape index (κ3) is 31.5. The van der Waals surface area contributed by atoms with Crippen molar-refractivity contribution in [3.05, 3.63) is 0 Å². The van der Waals surface area contributed by atoms with Crippen LogP contribution in [0, 0.1) is 0 Å². The molecular formula is C45H79N15O13S. The Labute approximate surface area is 435 Å². The third-order valence-corrected chi connectivity index (χ3v) is 11.4. The average molecular weight is 1070 g/mol. The van der Waals surface area contributed by atoms with Crippen molar-refractivity contribution in [2.45, 2.75) is 166 Å². The molecule has 28 nitrogen and oxygen atoms in total. The van der Waals surface area contributed by atoms with E-state index in [0.717, 1.165) is 0 Å². The fraction of sp³-hybridized carbons (Fsp3) is 0.711. The molecule has 19 N–H and O–H groups in total. The summed E-state index contributed by atoms with van der Waals surface area (Å²) in [7, 11) is 0. The van der Waals surface area contributed by atoms with E-state index >= 15 is 0 Å². The van der Waals surface area contributed by atoms with Crippen LogP contribution in [0.5, 0.6) is 0 Å². The zero-order valence-corrected chi connectivity index (χ0v) is 43.2. The van der Waals surface area contributed by atoms with Crippen molar-refractivity contribution in [2.24, 2.45) is 22.2 Å². The summed E-state index contributed by atoms with van der Waals surface area (Å²) >= 11 is 5.20. The lowest BCUT2D eigenvalue weighted by molar-refractivity contribution is -0.137. The van der Waals surface area contributed by atoms with Gasteiger partial charge in [-0.25, -0.2) is 4.79 Å². The number of carboxylic acids is 1. The van der Waals surface area contributed by atoms with Gasteiger partial charge in [-0.3, -0.25) is 58.3 Å². The van der Waals surface area contributed by atoms with Gasteiger partial charge in [-0.05, 0) is 103 Å². The first kappa shape index (κ1) is 65.1. The lowest BCUT2D eigenvalue weighted by atomic mass is 10.0. The van der Waals surface area contributed by atoms with Crippen LogP contribution in [0.15, 0.2) is 4.99 Å². The first-order chi connectivity index (χ1) is 35.1. The van der Waals surface area contributed by atoms with Crippen molar-refractivity contribution >= 4 is 88.5 Å². The van der Waals surface area contributed by atoms with Gasteiger partial charge in [0.2, 0.25) is 53.2 Å². The Morgan fingerprint density at radius 3 is 1.93 bits per heavy atom. The highest BCUT2D eigenvalue weighted by Gasteiger charge is 2.33. The summed E-state index contributed by atoms with van der Waals surface area (Å²) in [6.07, 6.45) is 2.55. The molecule has 74 heavy (non-hydrogen) atoms. The molecule has 0 spiro atoms. The molecular weight excluding hydrogens is 991 g/mol. The summed E-state index contributed by atoms with van der Waals surface area (Å²) in [4.78, 5) is 145. The van der Waals surface area contributed by atoms with E-state index in [1.54, 1.807) is 0 Å². The SMILES string of the molecule is CC(=O)N[C@H]1CCCCNC(=O)CNC(=O)CCCCCCC(=O)NC(=O)NCCCC[C@@H](C(=O)N[C@H](C(N)=O)[C@@H](C)O)NC(=O)[C@H](CCCCNC(=S)NCCC(=O)O)NC(=O)[C@H](CCCN=C(N)N)NC1=O. The van der Waals surface area contributed by atoms with Crippen LogP contribution in [0.2, 0.25) is 0 Å². The van der Waals surface area contributed by atoms with Gasteiger partial charge in [-0.2, -0.15) is 0 Å². The maximum Gasteiger partial charge on any atom is 0.321 e. The number of nitrogens with zero attached hydrogens (tertiary/aromatic N) is 1. The van der Waals surface area contributed by atoms with Crippen LogP contribution in [0.4, 0.5) is 4.79 Å². The van der Waals surface area contributed by atoms with Gasteiger partial charge in [0.1, 0.15) is 30.2 Å². The maximum absolute atomic E-state index is 14.3. The number of carbonyl (C=O) groups excluding carboxylic acids is 10. The van der Waals surface area contributed by atoms with Crippen LogP contribution in [0.25, 0.3) is 0 Å². The average Bonchev–Trinajstić information content (AvgIpc) is 3.31. The van der Waals surface area contributed by atoms with Crippen LogP contribution in [0.3, 0.4) is 0 Å². The number of aliphatic hydroxyl groups is 1. The second kappa shape index (κ2) is 37.8. The van der Waals surface area contributed by atoms with E-state index in [1.807, 2.05) is 0 Å². The van der Waals surface area contributed by atoms with Gasteiger partial charge in [0, 0.05) is 52.5 Å². The smallest absolute Gasteiger partial charge is 0.321 e. The van der Waals surface area contributed by atoms with Gasteiger partial charge in [0.05, 0.1) is 19.1 Å². The van der Waals surface area contributed by atoms with Crippen molar-refractivity contribution in [2.75, 3.05) is 39.3 Å². The number of thiocarbonyl (C=S) groups is 1. The van der Waals surface area contributed by atoms with Crippen LogP contribution in [-0.2, 0) is 47.9 Å². The topological polar surface area (TPSA) is 451 Å². The Hall–Kier alpha value is -6.91. The zero-order chi connectivity index (χ0) is 55.4. The number of guanidine groups is 1. The van der Waals surface area contributed by atoms with E-state index in [0.29, 0.717) is 44.9 Å². The first-order valence-electron chi connectivity index (χ1n) is 24.9. The Kier molecular flexibility index (Phi) is 33.2. The third-order valence-electron chi connectivity index (χ3n) is 11.2. The first-order valence-corrected chi connectivity index (χ1v) is 25.4. The molecule has 0 aromatic carbocycles. The number of nitrogens with two attached hydrogens (primary N) is 3. The zero-order valence-electron chi connectivity index (χ0n) is 42.4. The standard InChI is InChI=1S/C45H79N15O13S/c1-27(61)37(38(46)68)60-42(72)31-16-8-11-22-51-44(73)59-34(64)19-6-4-3-5-18-33(63)54-26-35(65)49-21-10-7-14-29(55-28(2)62)39(69)58-32(17-13-24-50-43(47)48)41(71)56-30(40(70)57-31)15-9-12-23-52-45(74)53-25-20-36(66)67/h27,29-32,37,61H,3-26H2,1-2H3,(H2,46,68)(H,49,65)(H,54,63)(H,55,62)(H,56,71)(H,57,70)(H,58,69)(H,60,72)(H,66,67)(H4,47,48,50)(H2,52,53,74)(H2,51,59,64,73)/t27-,29+,30+,31+,32+,37+/m1/s1. The number of rotatable bonds is 17. The van der Waals surface area contributed by atoms with Crippen LogP contribution in [0.1, 0.15) is 129 Å². The molecule has 6 atom stereocenters. The molecule has 1 fully saturated rings. The number of aliphatic carboxylic acids is 1. The Bertz CT molecular complexity index is 1920. The number of aliphatic imine (C=N–C) groups is 1. The number of nitrogens with one attached hydrogen (secondary N) is 11. The summed E-state index contributed by atoms with van der Waals surface area (Å²) in [6, 6.07) is -7.57. The molecule has 0 aromatic rings. The summed E-state index contributed by atoms with van der Waals surface area (Å²) in [5.74, 6) is -7.50. The lowest BCUT2D eigenvalue weighted by Crippen LogP contribution is -2.59. The largest absolute Gasteiger partial charge is 0.481 e. The highest BCUT2D eigenvalue weighted by molar-refractivity contribution is 7.80. The van der Waals surface area contributed by atoms with E-state index in [-0.39, 0.29) is 127 Å². The van der Waals surface area contributed by atoms with Gasteiger partial charge < -0.3 is 80.6 Å². The van der Waals surface area contributed by atoms with E-state index in [2.05, 4.69) is 63.5 Å². The van der Waals surface area contributed by atoms with Gasteiger partial charge in [-0.15, -0.1) is 0 Å². The predicted molar refractivity (Wildman–Crippen MR) is 274 cm³/mol. The molecule has 1 saturated heterocycles. The number of amides is 11. The molecule has 29 heteroatoms. The van der Waals surface area contributed by atoms with Crippen molar-refractivity contribution in [1.29, 1.82) is 0 Å². The van der Waals surface area contributed by atoms with E-state index in [4.69, 9.17) is 34.5 Å². The van der Waals surface area contributed by atoms with E-state index in [1.165, 1.54) is 13.8 Å². The van der Waals surface area contributed by atoms with Gasteiger partial charge >= 0.3 is 12.0 Å². The summed E-state index contributed by atoms with van der Waals surface area (Å²) in [6.45, 7) is 2.77. The number of hydrogen-bond donors (Lipinski definition) is 16. The molecule has 418 valence electrons. The molecule has 0 radical (unpaired) electrons. The number of primary amides is 1. The predicted octanol–water partition coefficient (Wildman–Crippen LogP) is -3.79. The van der Waals surface area contributed by atoms with Crippen molar-refractivity contribution in [3.63, 3.8) is 0 Å². The number of imide groups is 1. The minimum Gasteiger partial charge on any atom is -0.481 e. The fourth-order valence-corrected chi connectivity index (χ4v) is 7.41. The Morgan fingerprint density at radius 2 is 1.31 bits per heavy atom. The van der Waals surface area contributed by atoms with Gasteiger partial charge in [0.25, 0.3) is 0 Å². The molecule has 0 bridgehead atoms. The Balaban J connectivity index is 3.57. The molecule has 0 unspecified atom stereocenters. The monoisotopic (exact) mass is 1070 g/mol. The Morgan fingerprint density at radius 1 is 0.716 bits per heavy atom. The molecule has 1 aliphatic heterocycles. The fourth-order valence-electron chi connectivity index (χ4n) is 7.21. The minimum atomic E-state index is -1.56. The van der Waals surface area contributed by atoms with Crippen molar-refractivity contribution in [3.8, 4) is 0 Å². The number of aliphatic hydroxyl groups excluding tert-OH is 1. The molecule has 0 saturated carbocycles. The molecule has 0 aliphatic carbocycles. The summed E-state index contributed by atoms with van der Waals surface area (Å²) < 4.78 is 0. The summed E-state index contributed by atoms with van der Waals surface area (Å²) in [5.41, 5.74) is 16.4. The normalized spacial score (nSPS) is 21.1. The molecule has 1 rings (SSSR count). The van der Waals surface area contributed by atoms with Crippen LogP contribution < -0.4 is 75.7 Å². The summed E-state index contributed by atoms with van der Waals surface area (Å²) in [5, 5.41) is 47.9. The van der Waals surface area contributed by atoms with Crippen molar-refractivity contribution in [1.82, 2.24) is 58.5 Å². The van der Waals surface area contributed by atoms with Crippen LogP contribution in [-0.4, -0.2) is 162 Å². The second-order valence-corrected chi connectivity index (χ2v) is 18.1. The molecule has 1 aliphatic rings. The minimum absolute atomic E-state index is 0.0347. The number of unbranched alkanes of at least 4 members (excludes halogenated alkanes) is 1. The highest BCUT2D eigenvalue weighted by atomic mass is 32.1. The molecule has 0 aromatic heterocycles. The number of urea groups is 1. The quantitative estimate of drug-likeness (QED) is 0.0288. The van der Waals surface area contributed by atoms with Crippen LogP contribution >= 0.6 is 12.2 Å². The lowest BCUT2D eigenvalue weighted by Gasteiger charge is -2.27. The highest BCUT2D eigenvalue weighted by Crippen LogP contribution is 2.11. The molecule has 11 amide bonds. The maximum atomic E-state index is 14.3. The van der Waals surface area contributed by atoms with Gasteiger partial charge in [0.15, 0.2) is 11.1 Å². The van der Waals surface area contributed by atoms with Gasteiger partial charge in [-0.1, -0.05) is 12.8 Å². The number of carboxylic acid groups (broad SMARTS) is 1. The molecule has 1 heterocycles. The van der Waals surface area contributed by atoms with E-state index < -0.39 is 95.6 Å². The number of carbonyl (C=O) groups is 11. The van der Waals surface area contributed by atoms with E-state index in [9.17, 15) is 57.8 Å². The number of hydrogen-bond acceptors (Lipinski definition) is 14. The second-order valence-electron chi connectivity index (χ2n) is 17.7.